The number of hydrogen-bond acceptors (Lipinski definition) is 8. The lowest BCUT2D eigenvalue weighted by molar-refractivity contribution is -0.199. The third-order valence-electron chi connectivity index (χ3n) is 4.78. The number of aromatic amines is 1. The fraction of sp³-hybridized carbons (Fsp3) is 0.647. The van der Waals surface area contributed by atoms with E-state index in [9.17, 15) is 14.7 Å². The molecule has 2 aromatic heterocycles. The molecule has 4 atom stereocenters. The minimum absolute atomic E-state index is 0.0233. The molecule has 11 nitrogen and oxygen atoms in total. The SMILES string of the molecule is CC(C)C(=O)Nc1nc2c(ncn2[C@@H]2O[C@H](CO)C3OC(C)(C)O[C@@H]32)c(=O)[nH]1. The lowest BCUT2D eigenvalue weighted by Gasteiger charge is -2.24. The maximum atomic E-state index is 12.4. The van der Waals surface area contributed by atoms with Gasteiger partial charge in [0, 0.05) is 5.92 Å². The molecular weight excluding hydrogens is 370 g/mol. The van der Waals surface area contributed by atoms with Crippen molar-refractivity contribution in [2.75, 3.05) is 11.9 Å². The van der Waals surface area contributed by atoms with Gasteiger partial charge in [-0.15, -0.1) is 0 Å². The number of H-pyrrole nitrogens is 1. The van der Waals surface area contributed by atoms with Crippen molar-refractivity contribution >= 4 is 23.0 Å². The topological polar surface area (TPSA) is 141 Å². The molecule has 2 saturated heterocycles. The summed E-state index contributed by atoms with van der Waals surface area (Å²) in [6, 6.07) is 0. The molecule has 11 heteroatoms. The molecule has 3 N–H and O–H groups in total. The van der Waals surface area contributed by atoms with E-state index < -0.39 is 35.9 Å². The number of rotatable bonds is 4. The highest BCUT2D eigenvalue weighted by Crippen LogP contribution is 2.43. The van der Waals surface area contributed by atoms with Crippen LogP contribution in [0.4, 0.5) is 5.95 Å². The van der Waals surface area contributed by atoms with E-state index in [-0.39, 0.29) is 35.5 Å². The van der Waals surface area contributed by atoms with Crippen LogP contribution in [0.1, 0.15) is 33.9 Å². The molecule has 2 fully saturated rings. The van der Waals surface area contributed by atoms with E-state index in [1.807, 2.05) is 0 Å². The van der Waals surface area contributed by atoms with Gasteiger partial charge in [0.2, 0.25) is 11.9 Å². The van der Waals surface area contributed by atoms with E-state index in [1.54, 1.807) is 32.3 Å². The Morgan fingerprint density at radius 2 is 2.11 bits per heavy atom. The van der Waals surface area contributed by atoms with Crippen molar-refractivity contribution in [3.8, 4) is 0 Å². The molecule has 4 rings (SSSR count). The van der Waals surface area contributed by atoms with Crippen LogP contribution in [-0.4, -0.2) is 61.2 Å². The number of imidazole rings is 1. The molecule has 0 aliphatic carbocycles. The summed E-state index contributed by atoms with van der Waals surface area (Å²) in [6.07, 6.45) is -0.839. The number of hydrogen-bond donors (Lipinski definition) is 3. The Morgan fingerprint density at radius 1 is 1.39 bits per heavy atom. The van der Waals surface area contributed by atoms with Crippen LogP contribution in [-0.2, 0) is 19.0 Å². The number of nitrogens with zero attached hydrogens (tertiary/aromatic N) is 3. The molecule has 0 bridgehead atoms. The van der Waals surface area contributed by atoms with Crippen molar-refractivity contribution in [2.24, 2.45) is 5.92 Å². The van der Waals surface area contributed by atoms with Crippen LogP contribution in [0.5, 0.6) is 0 Å². The number of nitrogens with one attached hydrogen (secondary N) is 2. The number of fused-ring (bicyclic) bond motifs is 2. The first kappa shape index (κ1) is 19.0. The van der Waals surface area contributed by atoms with Crippen molar-refractivity contribution in [3.63, 3.8) is 0 Å². The van der Waals surface area contributed by atoms with Crippen molar-refractivity contribution < 1.29 is 24.1 Å². The van der Waals surface area contributed by atoms with E-state index in [0.717, 1.165) is 0 Å². The van der Waals surface area contributed by atoms with Gasteiger partial charge in [-0.25, -0.2) is 4.98 Å². The van der Waals surface area contributed by atoms with Crippen LogP contribution in [0.15, 0.2) is 11.1 Å². The fourth-order valence-corrected chi connectivity index (χ4v) is 3.46. The number of amides is 1. The van der Waals surface area contributed by atoms with E-state index in [0.29, 0.717) is 0 Å². The Hall–Kier alpha value is -2.34. The Balaban J connectivity index is 1.74. The second-order valence-electron chi connectivity index (χ2n) is 7.69. The summed E-state index contributed by atoms with van der Waals surface area (Å²) < 4.78 is 19.3. The molecule has 0 spiro atoms. The summed E-state index contributed by atoms with van der Waals surface area (Å²) in [5, 5.41) is 12.2. The summed E-state index contributed by atoms with van der Waals surface area (Å²) in [5.74, 6) is -1.36. The van der Waals surface area contributed by atoms with Gasteiger partial charge in [-0.05, 0) is 13.8 Å². The molecule has 0 saturated carbocycles. The Labute approximate surface area is 160 Å². The maximum Gasteiger partial charge on any atom is 0.280 e. The number of aromatic nitrogens is 4. The third-order valence-corrected chi connectivity index (χ3v) is 4.78. The molecule has 2 aliphatic rings. The summed E-state index contributed by atoms with van der Waals surface area (Å²) in [6.45, 7) is 6.79. The number of carbonyl (C=O) groups excluding carboxylic acids is 1. The Morgan fingerprint density at radius 3 is 2.79 bits per heavy atom. The van der Waals surface area contributed by atoms with Crippen LogP contribution in [0, 0.1) is 5.92 Å². The molecule has 4 heterocycles. The smallest absolute Gasteiger partial charge is 0.280 e. The largest absolute Gasteiger partial charge is 0.394 e. The minimum Gasteiger partial charge on any atom is -0.394 e. The monoisotopic (exact) mass is 393 g/mol. The zero-order chi connectivity index (χ0) is 20.2. The van der Waals surface area contributed by atoms with E-state index in [2.05, 4.69) is 20.3 Å². The average Bonchev–Trinajstić information content (AvgIpc) is 3.25. The number of carbonyl (C=O) groups is 1. The summed E-state index contributed by atoms with van der Waals surface area (Å²) >= 11 is 0. The molecule has 28 heavy (non-hydrogen) atoms. The second kappa shape index (κ2) is 6.62. The van der Waals surface area contributed by atoms with Crippen molar-refractivity contribution in [1.82, 2.24) is 19.5 Å². The van der Waals surface area contributed by atoms with Gasteiger partial charge >= 0.3 is 0 Å². The predicted octanol–water partition coefficient (Wildman–Crippen LogP) is 0.124. The van der Waals surface area contributed by atoms with Gasteiger partial charge in [0.05, 0.1) is 12.9 Å². The van der Waals surface area contributed by atoms with Crippen LogP contribution in [0.2, 0.25) is 0 Å². The fourth-order valence-electron chi connectivity index (χ4n) is 3.46. The highest BCUT2D eigenvalue weighted by atomic mass is 16.8. The molecule has 2 aliphatic heterocycles. The van der Waals surface area contributed by atoms with E-state index in [1.165, 1.54) is 6.33 Å². The first-order chi connectivity index (χ1) is 13.2. The van der Waals surface area contributed by atoms with Crippen LogP contribution in [0.25, 0.3) is 11.2 Å². The first-order valence-electron chi connectivity index (χ1n) is 9.10. The Kier molecular flexibility index (Phi) is 4.49. The molecule has 0 radical (unpaired) electrons. The standard InChI is InChI=1S/C17H23N5O6/c1-7(2)13(24)20-16-19-12-9(14(25)21-16)18-6-22(12)15-11-10(8(5-23)26-15)27-17(3,4)28-11/h6-8,10-11,15,23H,5H2,1-4H3,(H2,19,20,21,24,25)/t8-,10?,11+,15-/m1/s1. The van der Waals surface area contributed by atoms with Crippen LogP contribution >= 0.6 is 0 Å². The van der Waals surface area contributed by atoms with Crippen molar-refractivity contribution in [2.45, 2.75) is 58.0 Å². The Bertz CT molecular complexity index is 967. The van der Waals surface area contributed by atoms with Gasteiger partial charge in [-0.2, -0.15) is 4.98 Å². The maximum absolute atomic E-state index is 12.4. The lowest BCUT2D eigenvalue weighted by Crippen LogP contribution is -2.31. The van der Waals surface area contributed by atoms with Gasteiger partial charge in [-0.3, -0.25) is 24.5 Å². The molecule has 1 amide bonds. The molecule has 2 aromatic rings. The van der Waals surface area contributed by atoms with Gasteiger partial charge in [-0.1, -0.05) is 13.8 Å². The van der Waals surface area contributed by atoms with Crippen molar-refractivity contribution in [1.29, 1.82) is 0 Å². The molecule has 1 unspecified atom stereocenters. The van der Waals surface area contributed by atoms with Crippen LogP contribution < -0.4 is 10.9 Å². The lowest BCUT2D eigenvalue weighted by atomic mass is 10.1. The average molecular weight is 393 g/mol. The van der Waals surface area contributed by atoms with Crippen LogP contribution in [0.3, 0.4) is 0 Å². The van der Waals surface area contributed by atoms with E-state index >= 15 is 0 Å². The van der Waals surface area contributed by atoms with Gasteiger partial charge in [0.1, 0.15) is 18.3 Å². The molecule has 152 valence electrons. The number of aliphatic hydroxyl groups is 1. The zero-order valence-electron chi connectivity index (χ0n) is 16.0. The number of ether oxygens (including phenoxy) is 3. The van der Waals surface area contributed by atoms with E-state index in [4.69, 9.17) is 14.2 Å². The number of aliphatic hydroxyl groups excluding tert-OH is 1. The minimum atomic E-state index is -0.831. The van der Waals surface area contributed by atoms with Gasteiger partial charge in [0.15, 0.2) is 23.2 Å². The molecular formula is C17H23N5O6. The number of anilines is 1. The third kappa shape index (κ3) is 3.09. The van der Waals surface area contributed by atoms with Gasteiger partial charge < -0.3 is 19.3 Å². The first-order valence-corrected chi connectivity index (χ1v) is 9.10. The zero-order valence-corrected chi connectivity index (χ0v) is 16.0. The quantitative estimate of drug-likeness (QED) is 0.665. The molecule has 0 aromatic carbocycles. The predicted molar refractivity (Wildman–Crippen MR) is 96.4 cm³/mol. The second-order valence-corrected chi connectivity index (χ2v) is 7.69. The highest BCUT2D eigenvalue weighted by Gasteiger charge is 2.56. The summed E-state index contributed by atoms with van der Waals surface area (Å²) in [4.78, 5) is 35.3. The van der Waals surface area contributed by atoms with Crippen molar-refractivity contribution in [3.05, 3.63) is 16.7 Å². The van der Waals surface area contributed by atoms with Gasteiger partial charge in [0.25, 0.3) is 5.56 Å². The summed E-state index contributed by atoms with van der Waals surface area (Å²) in [7, 11) is 0. The highest BCUT2D eigenvalue weighted by molar-refractivity contribution is 5.91. The normalized spacial score (nSPS) is 28.8. The summed E-state index contributed by atoms with van der Waals surface area (Å²) in [5.41, 5.74) is -0.147.